The number of methoxy groups -OCH3 is 1. The predicted molar refractivity (Wildman–Crippen MR) is 51.8 cm³/mol. The van der Waals surface area contributed by atoms with Crippen LogP contribution in [0.4, 0.5) is 18.9 Å². The Labute approximate surface area is 92.1 Å². The van der Waals surface area contributed by atoms with Gasteiger partial charge in [0.25, 0.3) is 0 Å². The van der Waals surface area contributed by atoms with Crippen molar-refractivity contribution in [2.45, 2.75) is 6.36 Å². The topological polar surface area (TPSA) is 44.5 Å². The molecule has 0 spiro atoms. The molecule has 0 aliphatic heterocycles. The van der Waals surface area contributed by atoms with Gasteiger partial charge >= 0.3 is 6.36 Å². The van der Waals surface area contributed by atoms with Crippen molar-refractivity contribution in [1.82, 2.24) is 0 Å². The molecule has 0 heterocycles. The normalized spacial score (nSPS) is 11.3. The van der Waals surface area contributed by atoms with Crippen LogP contribution in [0, 0.1) is 0 Å². The molecule has 0 saturated heterocycles. The number of alkyl halides is 3. The Morgan fingerprint density at radius 1 is 1.33 bits per heavy atom. The standard InChI is InChI=1S/C8H7BrF3NO2/c1-14-6-3-4(15-8(10,11)12)2-5(9)7(6)13/h2-3H,13H2,1H3. The zero-order valence-electron chi connectivity index (χ0n) is 7.56. The Hall–Kier alpha value is -1.11. The highest BCUT2D eigenvalue weighted by molar-refractivity contribution is 9.10. The quantitative estimate of drug-likeness (QED) is 0.850. The van der Waals surface area contributed by atoms with E-state index in [0.29, 0.717) is 0 Å². The van der Waals surface area contributed by atoms with E-state index >= 15 is 0 Å². The van der Waals surface area contributed by atoms with Gasteiger partial charge in [-0.3, -0.25) is 0 Å². The van der Waals surface area contributed by atoms with Crippen LogP contribution in [-0.4, -0.2) is 13.5 Å². The first-order chi connectivity index (χ1) is 6.83. The number of benzene rings is 1. The largest absolute Gasteiger partial charge is 0.573 e. The van der Waals surface area contributed by atoms with Crippen molar-refractivity contribution in [3.63, 3.8) is 0 Å². The van der Waals surface area contributed by atoms with Crippen LogP contribution in [0.25, 0.3) is 0 Å². The molecular weight excluding hydrogens is 279 g/mol. The van der Waals surface area contributed by atoms with Gasteiger partial charge in [0.05, 0.1) is 12.8 Å². The molecule has 1 rings (SSSR count). The van der Waals surface area contributed by atoms with Crippen LogP contribution >= 0.6 is 15.9 Å². The second-order valence-electron chi connectivity index (χ2n) is 2.57. The van der Waals surface area contributed by atoms with Crippen LogP contribution in [0.2, 0.25) is 0 Å². The maximum Gasteiger partial charge on any atom is 0.573 e. The molecule has 15 heavy (non-hydrogen) atoms. The number of hydrogen-bond acceptors (Lipinski definition) is 3. The first-order valence-electron chi connectivity index (χ1n) is 3.72. The molecule has 7 heteroatoms. The highest BCUT2D eigenvalue weighted by atomic mass is 79.9. The smallest absolute Gasteiger partial charge is 0.494 e. The molecule has 0 unspecified atom stereocenters. The fourth-order valence-electron chi connectivity index (χ4n) is 0.930. The van der Waals surface area contributed by atoms with Crippen molar-refractivity contribution < 1.29 is 22.6 Å². The number of rotatable bonds is 2. The van der Waals surface area contributed by atoms with Crippen LogP contribution in [0.1, 0.15) is 0 Å². The molecule has 2 N–H and O–H groups in total. The first kappa shape index (κ1) is 12.0. The summed E-state index contributed by atoms with van der Waals surface area (Å²) in [6.07, 6.45) is -4.74. The number of hydrogen-bond donors (Lipinski definition) is 1. The van der Waals surface area contributed by atoms with Gasteiger partial charge < -0.3 is 15.2 Å². The highest BCUT2D eigenvalue weighted by Gasteiger charge is 2.31. The van der Waals surface area contributed by atoms with Crippen molar-refractivity contribution in [3.05, 3.63) is 16.6 Å². The molecule has 0 aromatic heterocycles. The van der Waals surface area contributed by atoms with Crippen LogP contribution in [0.5, 0.6) is 11.5 Å². The summed E-state index contributed by atoms with van der Waals surface area (Å²) in [6, 6.07) is 2.18. The minimum Gasteiger partial charge on any atom is -0.494 e. The number of nitrogens with two attached hydrogens (primary N) is 1. The molecule has 0 bridgehead atoms. The molecular formula is C8H7BrF3NO2. The number of anilines is 1. The third-order valence-corrected chi connectivity index (χ3v) is 2.17. The predicted octanol–water partition coefficient (Wildman–Crippen LogP) is 2.94. The van der Waals surface area contributed by atoms with Gasteiger partial charge in [0, 0.05) is 10.5 Å². The Kier molecular flexibility index (Phi) is 3.33. The van der Waals surface area contributed by atoms with E-state index in [1.54, 1.807) is 0 Å². The monoisotopic (exact) mass is 285 g/mol. The van der Waals surface area contributed by atoms with Gasteiger partial charge in [-0.1, -0.05) is 0 Å². The van der Waals surface area contributed by atoms with Gasteiger partial charge in [0.2, 0.25) is 0 Å². The Bertz CT molecular complexity index is 368. The lowest BCUT2D eigenvalue weighted by Crippen LogP contribution is -2.17. The van der Waals surface area contributed by atoms with E-state index in [9.17, 15) is 13.2 Å². The molecule has 0 radical (unpaired) electrons. The summed E-state index contributed by atoms with van der Waals surface area (Å²) in [5.41, 5.74) is 5.73. The lowest BCUT2D eigenvalue weighted by Gasteiger charge is -2.12. The molecule has 84 valence electrons. The van der Waals surface area contributed by atoms with Crippen LogP contribution < -0.4 is 15.2 Å². The lowest BCUT2D eigenvalue weighted by atomic mass is 10.3. The van der Waals surface area contributed by atoms with Crippen molar-refractivity contribution in [1.29, 1.82) is 0 Å². The summed E-state index contributed by atoms with van der Waals surface area (Å²) in [7, 11) is 1.30. The van der Waals surface area contributed by atoms with Crippen LogP contribution in [0.15, 0.2) is 16.6 Å². The van der Waals surface area contributed by atoms with E-state index in [2.05, 4.69) is 20.7 Å². The van der Waals surface area contributed by atoms with Gasteiger partial charge in [-0.05, 0) is 22.0 Å². The van der Waals surface area contributed by atoms with Crippen molar-refractivity contribution in [2.24, 2.45) is 0 Å². The molecule has 3 nitrogen and oxygen atoms in total. The second-order valence-corrected chi connectivity index (χ2v) is 3.42. The highest BCUT2D eigenvalue weighted by Crippen LogP contribution is 2.36. The molecule has 1 aromatic carbocycles. The zero-order valence-corrected chi connectivity index (χ0v) is 9.15. The number of halogens is 4. The van der Waals surface area contributed by atoms with Gasteiger partial charge in [0.15, 0.2) is 0 Å². The van der Waals surface area contributed by atoms with E-state index < -0.39 is 6.36 Å². The molecule has 1 aromatic rings. The number of ether oxygens (including phenoxy) is 2. The third kappa shape index (κ3) is 3.19. The van der Waals surface area contributed by atoms with Crippen molar-refractivity contribution in [2.75, 3.05) is 12.8 Å². The van der Waals surface area contributed by atoms with Crippen molar-refractivity contribution in [3.8, 4) is 11.5 Å². The average Bonchev–Trinajstić information content (AvgIpc) is 2.08. The molecule has 0 aliphatic rings. The van der Waals surface area contributed by atoms with Crippen LogP contribution in [0.3, 0.4) is 0 Å². The summed E-state index contributed by atoms with van der Waals surface area (Å²) in [5.74, 6) is -0.274. The maximum absolute atomic E-state index is 11.9. The SMILES string of the molecule is COc1cc(OC(F)(F)F)cc(Br)c1N. The Morgan fingerprint density at radius 2 is 1.93 bits per heavy atom. The van der Waals surface area contributed by atoms with E-state index in [1.165, 1.54) is 7.11 Å². The third-order valence-electron chi connectivity index (χ3n) is 1.52. The van der Waals surface area contributed by atoms with Gasteiger partial charge in [0.1, 0.15) is 11.5 Å². The molecule has 0 amide bonds. The van der Waals surface area contributed by atoms with Crippen molar-refractivity contribution >= 4 is 21.6 Å². The number of nitrogen functional groups attached to an aromatic ring is 1. The van der Waals surface area contributed by atoms with E-state index in [4.69, 9.17) is 10.5 Å². The second kappa shape index (κ2) is 4.18. The van der Waals surface area contributed by atoms with E-state index in [-0.39, 0.29) is 21.7 Å². The lowest BCUT2D eigenvalue weighted by molar-refractivity contribution is -0.274. The van der Waals surface area contributed by atoms with Gasteiger partial charge in [-0.2, -0.15) is 0 Å². The molecule has 0 atom stereocenters. The summed E-state index contributed by atoms with van der Waals surface area (Å²) in [4.78, 5) is 0. The molecule has 0 fully saturated rings. The Balaban J connectivity index is 3.06. The minimum atomic E-state index is -4.74. The fraction of sp³-hybridized carbons (Fsp3) is 0.250. The van der Waals surface area contributed by atoms with E-state index in [0.717, 1.165) is 12.1 Å². The summed E-state index contributed by atoms with van der Waals surface area (Å²) >= 11 is 2.99. The maximum atomic E-state index is 11.9. The average molecular weight is 286 g/mol. The summed E-state index contributed by atoms with van der Waals surface area (Å²) in [5, 5.41) is 0. The summed E-state index contributed by atoms with van der Waals surface area (Å²) in [6.45, 7) is 0. The van der Waals surface area contributed by atoms with E-state index in [1.807, 2.05) is 0 Å². The van der Waals surface area contributed by atoms with Gasteiger partial charge in [-0.15, -0.1) is 13.2 Å². The first-order valence-corrected chi connectivity index (χ1v) is 4.51. The van der Waals surface area contributed by atoms with Gasteiger partial charge in [-0.25, -0.2) is 0 Å². The van der Waals surface area contributed by atoms with Crippen LogP contribution in [-0.2, 0) is 0 Å². The fourth-order valence-corrected chi connectivity index (χ4v) is 1.35. The molecule has 0 saturated carbocycles. The zero-order chi connectivity index (χ0) is 11.6. The summed E-state index contributed by atoms with van der Waals surface area (Å²) < 4.78 is 44.5. The Morgan fingerprint density at radius 3 is 2.40 bits per heavy atom. The minimum absolute atomic E-state index is 0.114. The molecule has 0 aliphatic carbocycles.